The van der Waals surface area contributed by atoms with Gasteiger partial charge < -0.3 is 59.4 Å². The van der Waals surface area contributed by atoms with Gasteiger partial charge in [0.1, 0.15) is 40.4 Å². The molecule has 0 atom stereocenters. The molecule has 5 heterocycles. The second-order valence-electron chi connectivity index (χ2n) is 18.6. The number of amides is 3. The molecule has 462 valence electrons. The summed E-state index contributed by atoms with van der Waals surface area (Å²) in [5, 5.41) is 29.6. The van der Waals surface area contributed by atoms with E-state index < -0.39 is 10.8 Å². The van der Waals surface area contributed by atoms with Crippen LogP contribution in [0.5, 0.6) is 0 Å². The van der Waals surface area contributed by atoms with Gasteiger partial charge in [0.25, 0.3) is 29.0 Å². The maximum Gasteiger partial charge on any atom is 0.373 e. The van der Waals surface area contributed by atoms with Crippen molar-refractivity contribution in [3.63, 3.8) is 0 Å². The lowest BCUT2D eigenvalue weighted by Crippen LogP contribution is -2.40. The molecule has 0 bridgehead atoms. The smallest absolute Gasteiger partial charge is 0.373 e. The number of hydrogen-bond donors (Lipinski definition) is 11. The van der Waals surface area contributed by atoms with Crippen LogP contribution in [0, 0.1) is 37.8 Å². The fraction of sp³-hybridized carbons (Fsp3) is 0.0645. The van der Waals surface area contributed by atoms with Crippen molar-refractivity contribution in [1.29, 1.82) is 0 Å². The normalized spacial score (nSPS) is 13.6. The summed E-state index contributed by atoms with van der Waals surface area (Å²) in [6.45, 7) is 22.5. The quantitative estimate of drug-likeness (QED) is 0.0562. The maximum atomic E-state index is 12.3. The summed E-state index contributed by atoms with van der Waals surface area (Å²) >= 11 is 0. The van der Waals surface area contributed by atoms with Gasteiger partial charge >= 0.3 is 18.5 Å². The Labute approximate surface area is 517 Å². The fourth-order valence-electron chi connectivity index (χ4n) is 7.40. The fourth-order valence-corrected chi connectivity index (χ4v) is 7.40. The van der Waals surface area contributed by atoms with Gasteiger partial charge in [-0.15, -0.1) is 0 Å². The number of carbonyl (C=O) groups is 3. The van der Waals surface area contributed by atoms with Crippen LogP contribution in [0.15, 0.2) is 218 Å². The predicted octanol–water partition coefficient (Wildman–Crippen LogP) is 2.41. The number of fused-ring (bicyclic) bond motifs is 1. The van der Waals surface area contributed by atoms with E-state index in [2.05, 4.69) is 93.5 Å². The lowest BCUT2D eigenvalue weighted by Gasteiger charge is -2.19. The Balaban J connectivity index is 0.000000250. The molecule has 0 fully saturated rings. The molecular formula is C62H57N17O12. The first-order chi connectivity index (χ1) is 43.3. The first-order valence-electron chi connectivity index (χ1n) is 26.0. The van der Waals surface area contributed by atoms with Crippen LogP contribution in [-0.2, 0) is 43.2 Å². The van der Waals surface area contributed by atoms with Gasteiger partial charge in [-0.25, -0.2) is 25.0 Å². The number of anilines is 1. The van der Waals surface area contributed by atoms with Crippen LogP contribution in [0.1, 0.15) is 50.1 Å². The van der Waals surface area contributed by atoms with Gasteiger partial charge in [-0.2, -0.15) is 28.8 Å². The standard InChI is InChI=1S/C21H18N4O.2C13H14N4O.C12H11N5O3.3CO2/c1-12-4-8-15(9-5-12)17-18(16-10-6-13(2)7-11-16)25-20-19(24-17)21(26)23-14(3)22-20;2*1-8-3-5-10(6-4-8)7-15-11-12(14)16-9(2)17-13(11)18;1-7-15-11(13)10(12(18)16-7)14-6-8-2-4-9(5-3-8)17(19)20;3*2-1-3/h4-11H,3H2,1-2H3,(H,22,25)(H,23,26);2*3-7,16H,2,14H2,1H3,(H,17,18);2-6,15H,1,13H2,(H,16,18);;;. The Morgan fingerprint density at radius 3 is 1.10 bits per heavy atom. The van der Waals surface area contributed by atoms with Gasteiger partial charge in [-0.3, -0.25) is 29.3 Å². The number of carbonyl (C=O) groups excluding carboxylic acids is 9. The summed E-state index contributed by atoms with van der Waals surface area (Å²) in [5.74, 6) is 0.713. The number of nitro groups is 1. The van der Waals surface area contributed by atoms with E-state index in [4.69, 9.17) is 46.0 Å². The van der Waals surface area contributed by atoms with Gasteiger partial charge in [0, 0.05) is 41.9 Å². The second-order valence-corrected chi connectivity index (χ2v) is 18.6. The molecule has 6 aromatic rings. The summed E-state index contributed by atoms with van der Waals surface area (Å²) in [5.41, 5.74) is 27.8. The van der Waals surface area contributed by atoms with Crippen molar-refractivity contribution >= 4 is 84.3 Å². The highest BCUT2D eigenvalue weighted by atomic mass is 16.6. The topological polar surface area (TPSA) is 454 Å². The number of aryl methyl sites for hydroxylation is 4. The van der Waals surface area contributed by atoms with E-state index in [1.807, 2.05) is 125 Å². The van der Waals surface area contributed by atoms with Crippen LogP contribution >= 0.6 is 0 Å². The number of hydrogen-bond acceptors (Lipinski definition) is 24. The van der Waals surface area contributed by atoms with Crippen molar-refractivity contribution in [2.45, 2.75) is 27.7 Å². The van der Waals surface area contributed by atoms with Crippen LogP contribution in [0.25, 0.3) is 18.0 Å². The van der Waals surface area contributed by atoms with Crippen LogP contribution in [0.2, 0.25) is 0 Å². The van der Waals surface area contributed by atoms with Gasteiger partial charge in [0.2, 0.25) is 0 Å². The largest absolute Gasteiger partial charge is 0.383 e. The molecule has 0 saturated heterocycles. The molecule has 0 spiro atoms. The van der Waals surface area contributed by atoms with Crippen molar-refractivity contribution < 1.29 is 48.1 Å². The molecule has 3 amide bonds. The minimum absolute atomic E-state index is 0.0192. The van der Waals surface area contributed by atoms with Crippen molar-refractivity contribution in [3.05, 3.63) is 274 Å². The van der Waals surface area contributed by atoms with E-state index >= 15 is 0 Å². The number of aromatic amines is 1. The van der Waals surface area contributed by atoms with Gasteiger partial charge in [-0.1, -0.05) is 146 Å². The molecule has 0 radical (unpaired) electrons. The monoisotopic (exact) mass is 1230 g/mol. The zero-order valence-corrected chi connectivity index (χ0v) is 48.9. The molecule has 1 aromatic heterocycles. The van der Waals surface area contributed by atoms with Crippen molar-refractivity contribution in [1.82, 2.24) is 41.9 Å². The summed E-state index contributed by atoms with van der Waals surface area (Å²) in [7, 11) is 0. The maximum absolute atomic E-state index is 12.3. The van der Waals surface area contributed by atoms with E-state index in [0.717, 1.165) is 33.5 Å². The number of nitrogens with two attached hydrogens (primary N) is 3. The molecule has 91 heavy (non-hydrogen) atoms. The molecule has 0 saturated carbocycles. The number of non-ortho nitro benzene ring substituents is 1. The number of aromatic nitrogens is 2. The van der Waals surface area contributed by atoms with E-state index in [0.29, 0.717) is 34.2 Å². The lowest BCUT2D eigenvalue weighted by atomic mass is 10.0. The molecule has 0 aliphatic carbocycles. The molecule has 29 heteroatoms. The van der Waals surface area contributed by atoms with Crippen LogP contribution in [0.4, 0.5) is 11.5 Å². The Morgan fingerprint density at radius 1 is 0.473 bits per heavy atom. The third-order valence-corrected chi connectivity index (χ3v) is 11.7. The Kier molecular flexibility index (Phi) is 26.4. The van der Waals surface area contributed by atoms with E-state index in [-0.39, 0.29) is 87.2 Å². The Morgan fingerprint density at radius 2 is 0.780 bits per heavy atom. The molecule has 5 aromatic carbocycles. The zero-order chi connectivity index (χ0) is 67.3. The predicted molar refractivity (Wildman–Crippen MR) is 332 cm³/mol. The Bertz CT molecular complexity index is 4150. The van der Waals surface area contributed by atoms with E-state index in [9.17, 15) is 29.3 Å². The number of benzene rings is 5. The lowest BCUT2D eigenvalue weighted by molar-refractivity contribution is -0.384. The molecule has 4 aliphatic rings. The molecular weight excluding hydrogens is 1170 g/mol. The van der Waals surface area contributed by atoms with Crippen molar-refractivity contribution in [3.8, 4) is 0 Å². The number of H-pyrrole nitrogens is 1. The molecule has 29 nitrogen and oxygen atoms in total. The molecule has 0 unspecified atom stereocenters. The average molecular weight is 1230 g/mol. The first-order valence-corrected chi connectivity index (χ1v) is 26.0. The summed E-state index contributed by atoms with van der Waals surface area (Å²) < 4.78 is 0. The highest BCUT2D eigenvalue weighted by molar-refractivity contribution is 6.00. The van der Waals surface area contributed by atoms with Crippen molar-refractivity contribution in [2.75, 3.05) is 5.32 Å². The van der Waals surface area contributed by atoms with Crippen molar-refractivity contribution in [2.24, 2.45) is 37.2 Å². The Hall–Kier alpha value is -13.6. The SMILES string of the molecule is C=C1NC(=O)C(N=Cc2ccc(C)cc2)=C(N)N1.C=C1NC(=O)C(N=Cc2ccc(C)cc2)=C(N)N1.C=C1NC(=O)C(N=Cc2ccc([N+](=O)[O-])cc2)=C(N)N1.C=c1nc2c(c(=O)[nH]1)=NC(c1ccc(C)cc1)=C(c1ccc(C)cc1)N2.O=C=O.O=C=O.O=C=O. The summed E-state index contributed by atoms with van der Waals surface area (Å²) in [6.07, 6.45) is 5.33. The number of rotatable bonds is 9. The minimum Gasteiger partial charge on any atom is -0.383 e. The minimum atomic E-state index is -0.494. The third kappa shape index (κ3) is 21.8. The number of nitrogens with one attached hydrogen (secondary N) is 8. The third-order valence-electron chi connectivity index (χ3n) is 11.7. The summed E-state index contributed by atoms with van der Waals surface area (Å²) in [4.78, 5) is 130. The van der Waals surface area contributed by atoms with E-state index in [1.54, 1.807) is 12.4 Å². The zero-order valence-electron chi connectivity index (χ0n) is 48.9. The molecule has 14 N–H and O–H groups in total. The average Bonchev–Trinajstić information content (AvgIpc) is 0.914. The van der Waals surface area contributed by atoms with Crippen LogP contribution < -0.4 is 70.8 Å². The first kappa shape index (κ1) is 69.9. The van der Waals surface area contributed by atoms with Crippen LogP contribution in [-0.4, -0.2) is 69.7 Å². The summed E-state index contributed by atoms with van der Waals surface area (Å²) in [6, 6.07) is 37.5. The van der Waals surface area contributed by atoms with Gasteiger partial charge in [-0.05, 0) is 56.5 Å². The second kappa shape index (κ2) is 34.4. The highest BCUT2D eigenvalue weighted by Crippen LogP contribution is 2.30. The molecule has 4 aliphatic heterocycles. The van der Waals surface area contributed by atoms with E-state index in [1.165, 1.54) is 47.2 Å². The highest BCUT2D eigenvalue weighted by Gasteiger charge is 2.23. The van der Waals surface area contributed by atoms with Crippen LogP contribution in [0.3, 0.4) is 0 Å². The number of nitro benzene ring substituents is 1. The number of aliphatic imine (C=N–C) groups is 3. The number of nitrogens with zero attached hydrogens (tertiary/aromatic N) is 6. The molecule has 10 rings (SSSR count). The van der Waals surface area contributed by atoms with Gasteiger partial charge in [0.15, 0.2) is 28.3 Å². The van der Waals surface area contributed by atoms with Gasteiger partial charge in [0.05, 0.1) is 16.3 Å².